The molecule has 1 aliphatic rings. The molecule has 3 N–H and O–H groups in total. The van der Waals surface area contributed by atoms with Crippen LogP contribution in [0, 0.1) is 5.41 Å². The number of hydrogen-bond donors (Lipinski definition) is 2. The van der Waals surface area contributed by atoms with Crippen LogP contribution in [-0.4, -0.2) is 18.8 Å². The monoisotopic (exact) mass is 263 g/mol. The first-order chi connectivity index (χ1) is 9.05. The molecule has 0 bridgehead atoms. The largest absolute Gasteiger partial charge is 0.497 e. The Morgan fingerprint density at radius 3 is 2.58 bits per heavy atom. The van der Waals surface area contributed by atoms with Crippen molar-refractivity contribution in [2.45, 2.75) is 44.6 Å². The molecule has 1 fully saturated rings. The molecular weight excluding hydrogens is 238 g/mol. The Kier molecular flexibility index (Phi) is 4.16. The van der Waals surface area contributed by atoms with Gasteiger partial charge in [-0.3, -0.25) is 0 Å². The van der Waals surface area contributed by atoms with E-state index in [1.807, 2.05) is 31.2 Å². The van der Waals surface area contributed by atoms with E-state index in [0.29, 0.717) is 6.54 Å². The van der Waals surface area contributed by atoms with Crippen LogP contribution in [0.1, 0.15) is 44.6 Å². The molecule has 0 spiro atoms. The van der Waals surface area contributed by atoms with E-state index in [4.69, 9.17) is 10.5 Å². The summed E-state index contributed by atoms with van der Waals surface area (Å²) in [6, 6.07) is 7.71. The van der Waals surface area contributed by atoms with E-state index in [2.05, 4.69) is 0 Å². The van der Waals surface area contributed by atoms with E-state index in [1.54, 1.807) is 7.11 Å². The summed E-state index contributed by atoms with van der Waals surface area (Å²) in [5, 5.41) is 11.1. The minimum absolute atomic E-state index is 0.211. The van der Waals surface area contributed by atoms with Gasteiger partial charge in [-0.15, -0.1) is 0 Å². The lowest BCUT2D eigenvalue weighted by molar-refractivity contribution is -0.0919. The molecule has 0 aromatic heterocycles. The number of methoxy groups -OCH3 is 1. The van der Waals surface area contributed by atoms with Gasteiger partial charge < -0.3 is 15.6 Å². The Bertz CT molecular complexity index is 423. The van der Waals surface area contributed by atoms with Crippen LogP contribution in [0.15, 0.2) is 24.3 Å². The average molecular weight is 263 g/mol. The zero-order valence-electron chi connectivity index (χ0n) is 12.0. The van der Waals surface area contributed by atoms with Gasteiger partial charge >= 0.3 is 0 Å². The zero-order valence-corrected chi connectivity index (χ0v) is 12.0. The second-order valence-corrected chi connectivity index (χ2v) is 5.85. The number of aliphatic hydroxyl groups is 1. The Balaban J connectivity index is 2.38. The van der Waals surface area contributed by atoms with Crippen LogP contribution in [-0.2, 0) is 5.60 Å². The first-order valence-electron chi connectivity index (χ1n) is 7.13. The summed E-state index contributed by atoms with van der Waals surface area (Å²) in [6.45, 7) is 2.43. The van der Waals surface area contributed by atoms with E-state index in [1.165, 1.54) is 6.42 Å². The summed E-state index contributed by atoms with van der Waals surface area (Å²) in [6.07, 6.45) is 5.53. The second-order valence-electron chi connectivity index (χ2n) is 5.85. The van der Waals surface area contributed by atoms with Crippen molar-refractivity contribution in [1.29, 1.82) is 0 Å². The van der Waals surface area contributed by atoms with Gasteiger partial charge in [0.05, 0.1) is 12.7 Å². The predicted molar refractivity (Wildman–Crippen MR) is 77.1 cm³/mol. The van der Waals surface area contributed by atoms with Gasteiger partial charge in [-0.05, 0) is 37.5 Å². The quantitative estimate of drug-likeness (QED) is 0.878. The lowest BCUT2D eigenvalue weighted by Crippen LogP contribution is -2.49. The molecule has 3 nitrogen and oxygen atoms in total. The lowest BCUT2D eigenvalue weighted by atomic mass is 9.61. The molecule has 1 unspecified atom stereocenters. The molecule has 0 heterocycles. The molecule has 106 valence electrons. The highest BCUT2D eigenvalue weighted by Crippen LogP contribution is 2.49. The smallest absolute Gasteiger partial charge is 0.119 e. The van der Waals surface area contributed by atoms with Crippen molar-refractivity contribution in [3.8, 4) is 5.75 Å². The normalized spacial score (nSPS) is 21.7. The maximum absolute atomic E-state index is 11.1. The SMILES string of the molecule is COc1cccc(C(C)(O)C2(CN)CCCCC2)c1. The van der Waals surface area contributed by atoms with Crippen LogP contribution >= 0.6 is 0 Å². The van der Waals surface area contributed by atoms with Gasteiger partial charge in [0.2, 0.25) is 0 Å². The summed E-state index contributed by atoms with van der Waals surface area (Å²) in [4.78, 5) is 0. The molecule has 1 aromatic carbocycles. The van der Waals surface area contributed by atoms with Crippen molar-refractivity contribution in [3.63, 3.8) is 0 Å². The fraction of sp³-hybridized carbons (Fsp3) is 0.625. The fourth-order valence-electron chi connectivity index (χ4n) is 3.35. The molecular formula is C16H25NO2. The van der Waals surface area contributed by atoms with Crippen molar-refractivity contribution in [1.82, 2.24) is 0 Å². The van der Waals surface area contributed by atoms with Crippen molar-refractivity contribution >= 4 is 0 Å². The summed E-state index contributed by atoms with van der Waals surface area (Å²) in [5.74, 6) is 0.778. The van der Waals surface area contributed by atoms with Crippen LogP contribution in [0.5, 0.6) is 5.75 Å². The van der Waals surface area contributed by atoms with Crippen LogP contribution in [0.2, 0.25) is 0 Å². The maximum Gasteiger partial charge on any atom is 0.119 e. The van der Waals surface area contributed by atoms with Crippen molar-refractivity contribution in [2.75, 3.05) is 13.7 Å². The topological polar surface area (TPSA) is 55.5 Å². The number of rotatable bonds is 4. The van der Waals surface area contributed by atoms with Crippen molar-refractivity contribution in [2.24, 2.45) is 11.1 Å². The summed E-state index contributed by atoms with van der Waals surface area (Å²) in [5.41, 5.74) is 5.83. The minimum atomic E-state index is -0.906. The highest BCUT2D eigenvalue weighted by molar-refractivity contribution is 5.33. The number of benzene rings is 1. The van der Waals surface area contributed by atoms with Gasteiger partial charge in [0.1, 0.15) is 5.75 Å². The predicted octanol–water partition coefficient (Wildman–Crippen LogP) is 2.81. The molecule has 1 atom stereocenters. The molecule has 1 aliphatic carbocycles. The maximum atomic E-state index is 11.1. The highest BCUT2D eigenvalue weighted by atomic mass is 16.5. The molecule has 0 amide bonds. The Morgan fingerprint density at radius 1 is 1.32 bits per heavy atom. The molecule has 2 rings (SSSR count). The first kappa shape index (κ1) is 14.4. The Labute approximate surface area is 115 Å². The lowest BCUT2D eigenvalue weighted by Gasteiger charge is -2.47. The Hall–Kier alpha value is -1.06. The first-order valence-corrected chi connectivity index (χ1v) is 7.13. The molecule has 3 heteroatoms. The number of ether oxygens (including phenoxy) is 1. The van der Waals surface area contributed by atoms with Crippen molar-refractivity contribution < 1.29 is 9.84 Å². The van der Waals surface area contributed by atoms with Gasteiger partial charge in [-0.2, -0.15) is 0 Å². The van der Waals surface area contributed by atoms with E-state index in [-0.39, 0.29) is 5.41 Å². The number of hydrogen-bond acceptors (Lipinski definition) is 3. The zero-order chi connectivity index (χ0) is 13.9. The molecule has 1 aromatic rings. The number of nitrogens with two attached hydrogens (primary N) is 1. The van der Waals surface area contributed by atoms with Gasteiger partial charge in [0.15, 0.2) is 0 Å². The summed E-state index contributed by atoms with van der Waals surface area (Å²) < 4.78 is 5.26. The standard InChI is InChI=1S/C16H25NO2/c1-15(18,13-7-6-8-14(11-13)19-2)16(12-17)9-4-3-5-10-16/h6-8,11,18H,3-5,9-10,12,17H2,1-2H3. The van der Waals surface area contributed by atoms with Gasteiger partial charge in [-0.25, -0.2) is 0 Å². The molecule has 0 radical (unpaired) electrons. The van der Waals surface area contributed by atoms with Crippen LogP contribution in [0.25, 0.3) is 0 Å². The van der Waals surface area contributed by atoms with Gasteiger partial charge in [0, 0.05) is 12.0 Å². The average Bonchev–Trinajstić information content (AvgIpc) is 2.47. The third-order valence-electron chi connectivity index (χ3n) is 4.87. The molecule has 0 aliphatic heterocycles. The third-order valence-corrected chi connectivity index (χ3v) is 4.87. The second kappa shape index (κ2) is 5.51. The fourth-order valence-corrected chi connectivity index (χ4v) is 3.35. The van der Waals surface area contributed by atoms with E-state index in [0.717, 1.165) is 37.0 Å². The molecule has 1 saturated carbocycles. The molecule has 0 saturated heterocycles. The van der Waals surface area contributed by atoms with Crippen molar-refractivity contribution in [3.05, 3.63) is 29.8 Å². The van der Waals surface area contributed by atoms with Gasteiger partial charge in [0.25, 0.3) is 0 Å². The summed E-state index contributed by atoms with van der Waals surface area (Å²) >= 11 is 0. The minimum Gasteiger partial charge on any atom is -0.497 e. The van der Waals surface area contributed by atoms with Crippen LogP contribution in [0.4, 0.5) is 0 Å². The van der Waals surface area contributed by atoms with Gasteiger partial charge in [-0.1, -0.05) is 31.4 Å². The van der Waals surface area contributed by atoms with Crippen LogP contribution in [0.3, 0.4) is 0 Å². The Morgan fingerprint density at radius 2 is 2.00 bits per heavy atom. The van der Waals surface area contributed by atoms with E-state index < -0.39 is 5.60 Å². The molecule has 19 heavy (non-hydrogen) atoms. The highest BCUT2D eigenvalue weighted by Gasteiger charge is 2.47. The third kappa shape index (κ3) is 2.49. The summed E-state index contributed by atoms with van der Waals surface area (Å²) in [7, 11) is 1.65. The van der Waals surface area contributed by atoms with E-state index >= 15 is 0 Å². The van der Waals surface area contributed by atoms with E-state index in [9.17, 15) is 5.11 Å². The van der Waals surface area contributed by atoms with Crippen LogP contribution < -0.4 is 10.5 Å².